The van der Waals surface area contributed by atoms with Crippen molar-refractivity contribution >= 4 is 0 Å². The van der Waals surface area contributed by atoms with Crippen molar-refractivity contribution in [1.82, 2.24) is 15.5 Å². The van der Waals surface area contributed by atoms with Gasteiger partial charge < -0.3 is 19.7 Å². The van der Waals surface area contributed by atoms with Gasteiger partial charge in [0, 0.05) is 24.6 Å². The van der Waals surface area contributed by atoms with Gasteiger partial charge in [0.05, 0.1) is 13.2 Å². The van der Waals surface area contributed by atoms with Crippen molar-refractivity contribution in [3.63, 3.8) is 0 Å². The van der Waals surface area contributed by atoms with Crippen molar-refractivity contribution in [3.05, 3.63) is 29.2 Å². The first-order chi connectivity index (χ1) is 10.1. The molecule has 0 radical (unpaired) electrons. The van der Waals surface area contributed by atoms with Gasteiger partial charge in [-0.3, -0.25) is 0 Å². The fourth-order valence-electron chi connectivity index (χ4n) is 2.50. The van der Waals surface area contributed by atoms with Crippen LogP contribution in [0.25, 0.3) is 11.4 Å². The Kier molecular flexibility index (Phi) is 3.90. The van der Waals surface area contributed by atoms with Crippen LogP contribution in [0.5, 0.6) is 5.75 Å². The summed E-state index contributed by atoms with van der Waals surface area (Å²) in [5, 5.41) is 17.2. The standard InChI is InChI=1S/C15H19N3O3/c1-9-5-11(6-10(2)14(9)19)15-17-13(21-18-15)7-12-8-20-4-3-16-12/h5-6,12,16,19H,3-4,7-8H2,1-2H3. The molecule has 1 aromatic carbocycles. The van der Waals surface area contributed by atoms with E-state index in [1.54, 1.807) is 0 Å². The van der Waals surface area contributed by atoms with Crippen LogP contribution >= 0.6 is 0 Å². The number of nitrogens with zero attached hydrogens (tertiary/aromatic N) is 2. The van der Waals surface area contributed by atoms with Crippen LogP contribution in [0.4, 0.5) is 0 Å². The SMILES string of the molecule is Cc1cc(-c2noc(CC3COCCN3)n2)cc(C)c1O. The second-order valence-electron chi connectivity index (χ2n) is 5.40. The fourth-order valence-corrected chi connectivity index (χ4v) is 2.50. The number of hydrogen-bond donors (Lipinski definition) is 2. The Labute approximate surface area is 123 Å². The van der Waals surface area contributed by atoms with Gasteiger partial charge in [-0.2, -0.15) is 4.98 Å². The quantitative estimate of drug-likeness (QED) is 0.893. The molecule has 1 unspecified atom stereocenters. The molecule has 2 heterocycles. The van der Waals surface area contributed by atoms with Crippen molar-refractivity contribution in [3.8, 4) is 17.1 Å². The maximum atomic E-state index is 9.81. The predicted octanol–water partition coefficient (Wildman–Crippen LogP) is 1.59. The molecule has 0 spiro atoms. The van der Waals surface area contributed by atoms with E-state index in [4.69, 9.17) is 9.26 Å². The molecule has 1 fully saturated rings. The van der Waals surface area contributed by atoms with E-state index >= 15 is 0 Å². The predicted molar refractivity (Wildman–Crippen MR) is 77.2 cm³/mol. The van der Waals surface area contributed by atoms with Crippen molar-refractivity contribution in [1.29, 1.82) is 0 Å². The number of phenolic OH excluding ortho intramolecular Hbond substituents is 1. The van der Waals surface area contributed by atoms with Gasteiger partial charge in [0.25, 0.3) is 0 Å². The Hall–Kier alpha value is -1.92. The lowest BCUT2D eigenvalue weighted by Gasteiger charge is -2.22. The first-order valence-electron chi connectivity index (χ1n) is 7.08. The van der Waals surface area contributed by atoms with E-state index in [9.17, 15) is 5.11 Å². The van der Waals surface area contributed by atoms with E-state index < -0.39 is 0 Å². The highest BCUT2D eigenvalue weighted by Gasteiger charge is 2.18. The molecule has 0 saturated carbocycles. The lowest BCUT2D eigenvalue weighted by atomic mass is 10.1. The first kappa shape index (κ1) is 14.0. The maximum absolute atomic E-state index is 9.81. The first-order valence-corrected chi connectivity index (χ1v) is 7.08. The molecule has 1 atom stereocenters. The number of aromatic hydroxyl groups is 1. The minimum absolute atomic E-state index is 0.218. The fraction of sp³-hybridized carbons (Fsp3) is 0.467. The van der Waals surface area contributed by atoms with Crippen LogP contribution < -0.4 is 5.32 Å². The Morgan fingerprint density at radius 1 is 1.33 bits per heavy atom. The van der Waals surface area contributed by atoms with E-state index in [0.29, 0.717) is 30.5 Å². The molecule has 1 aliphatic heterocycles. The average molecular weight is 289 g/mol. The molecule has 2 aromatic rings. The smallest absolute Gasteiger partial charge is 0.228 e. The second-order valence-corrected chi connectivity index (χ2v) is 5.40. The summed E-state index contributed by atoms with van der Waals surface area (Å²) in [6.07, 6.45) is 0.656. The summed E-state index contributed by atoms with van der Waals surface area (Å²) in [5.74, 6) is 1.45. The van der Waals surface area contributed by atoms with Crippen molar-refractivity contribution in [2.45, 2.75) is 26.3 Å². The summed E-state index contributed by atoms with van der Waals surface area (Å²) in [7, 11) is 0. The van der Waals surface area contributed by atoms with Crippen LogP contribution in [-0.2, 0) is 11.2 Å². The highest BCUT2D eigenvalue weighted by atomic mass is 16.5. The Morgan fingerprint density at radius 3 is 2.76 bits per heavy atom. The maximum Gasteiger partial charge on any atom is 0.228 e. The van der Waals surface area contributed by atoms with Gasteiger partial charge >= 0.3 is 0 Å². The molecule has 6 nitrogen and oxygen atoms in total. The van der Waals surface area contributed by atoms with Crippen molar-refractivity contribution < 1.29 is 14.4 Å². The van der Waals surface area contributed by atoms with Gasteiger partial charge in [-0.15, -0.1) is 0 Å². The molecule has 6 heteroatoms. The van der Waals surface area contributed by atoms with Crippen LogP contribution in [0.2, 0.25) is 0 Å². The van der Waals surface area contributed by atoms with E-state index in [1.165, 1.54) is 0 Å². The number of benzene rings is 1. The zero-order chi connectivity index (χ0) is 14.8. The summed E-state index contributed by atoms with van der Waals surface area (Å²) in [4.78, 5) is 4.43. The third-order valence-corrected chi connectivity index (χ3v) is 3.64. The van der Waals surface area contributed by atoms with Crippen molar-refractivity contribution in [2.75, 3.05) is 19.8 Å². The molecule has 1 aromatic heterocycles. The monoisotopic (exact) mass is 289 g/mol. The highest BCUT2D eigenvalue weighted by Crippen LogP contribution is 2.27. The Balaban J connectivity index is 1.78. The Morgan fingerprint density at radius 2 is 2.10 bits per heavy atom. The van der Waals surface area contributed by atoms with Crippen LogP contribution in [0.1, 0.15) is 17.0 Å². The lowest BCUT2D eigenvalue weighted by molar-refractivity contribution is 0.0744. The van der Waals surface area contributed by atoms with Crippen LogP contribution in [0.3, 0.4) is 0 Å². The van der Waals surface area contributed by atoms with Gasteiger partial charge in [-0.05, 0) is 37.1 Å². The van der Waals surface area contributed by atoms with Gasteiger partial charge in [0.2, 0.25) is 11.7 Å². The van der Waals surface area contributed by atoms with Crippen LogP contribution in [0, 0.1) is 13.8 Å². The number of phenols is 1. The molecule has 2 N–H and O–H groups in total. The van der Waals surface area contributed by atoms with Crippen LogP contribution in [-0.4, -0.2) is 41.0 Å². The third kappa shape index (κ3) is 3.06. The third-order valence-electron chi connectivity index (χ3n) is 3.64. The zero-order valence-corrected chi connectivity index (χ0v) is 12.2. The van der Waals surface area contributed by atoms with Gasteiger partial charge in [-0.25, -0.2) is 0 Å². The molecule has 0 bridgehead atoms. The molecule has 0 amide bonds. The molecule has 3 rings (SSSR count). The number of rotatable bonds is 3. The van der Waals surface area contributed by atoms with E-state index in [-0.39, 0.29) is 6.04 Å². The number of aromatic nitrogens is 2. The Bertz CT molecular complexity index is 610. The van der Waals surface area contributed by atoms with E-state index in [2.05, 4.69) is 15.5 Å². The largest absolute Gasteiger partial charge is 0.507 e. The second kappa shape index (κ2) is 5.83. The number of ether oxygens (including phenoxy) is 1. The molecule has 0 aliphatic carbocycles. The van der Waals surface area contributed by atoms with Crippen LogP contribution in [0.15, 0.2) is 16.7 Å². The van der Waals surface area contributed by atoms with E-state index in [0.717, 1.165) is 29.8 Å². The molecule has 1 saturated heterocycles. The number of nitrogens with one attached hydrogen (secondary N) is 1. The highest BCUT2D eigenvalue weighted by molar-refractivity contribution is 5.60. The molecular weight excluding hydrogens is 270 g/mol. The van der Waals surface area contributed by atoms with Gasteiger partial charge in [0.1, 0.15) is 5.75 Å². The molecule has 1 aliphatic rings. The van der Waals surface area contributed by atoms with Gasteiger partial charge in [-0.1, -0.05) is 5.16 Å². The number of morpholine rings is 1. The zero-order valence-electron chi connectivity index (χ0n) is 12.2. The summed E-state index contributed by atoms with van der Waals surface area (Å²) >= 11 is 0. The topological polar surface area (TPSA) is 80.4 Å². The van der Waals surface area contributed by atoms with Gasteiger partial charge in [0.15, 0.2) is 0 Å². The normalized spacial score (nSPS) is 18.9. The van der Waals surface area contributed by atoms with Crippen molar-refractivity contribution in [2.24, 2.45) is 0 Å². The average Bonchev–Trinajstić information content (AvgIpc) is 2.94. The molecular formula is C15H19N3O3. The number of aryl methyl sites for hydroxylation is 2. The molecule has 112 valence electrons. The summed E-state index contributed by atoms with van der Waals surface area (Å²) in [5.41, 5.74) is 2.46. The molecule has 21 heavy (non-hydrogen) atoms. The minimum Gasteiger partial charge on any atom is -0.507 e. The number of hydrogen-bond acceptors (Lipinski definition) is 6. The summed E-state index contributed by atoms with van der Waals surface area (Å²) < 4.78 is 10.7. The van der Waals surface area contributed by atoms with E-state index in [1.807, 2.05) is 26.0 Å². The lowest BCUT2D eigenvalue weighted by Crippen LogP contribution is -2.42. The summed E-state index contributed by atoms with van der Waals surface area (Å²) in [6.45, 7) is 5.97. The summed E-state index contributed by atoms with van der Waals surface area (Å²) in [6, 6.07) is 3.94. The minimum atomic E-state index is 0.218.